The molecule has 3 heterocycles. The lowest BCUT2D eigenvalue weighted by Gasteiger charge is -2.42. The summed E-state index contributed by atoms with van der Waals surface area (Å²) in [6, 6.07) is 13.8. The van der Waals surface area contributed by atoms with Crippen molar-refractivity contribution in [1.29, 1.82) is 0 Å². The number of hydrogen-bond acceptors (Lipinski definition) is 6. The van der Waals surface area contributed by atoms with E-state index in [1.807, 2.05) is 29.8 Å². The highest BCUT2D eigenvalue weighted by molar-refractivity contribution is 7.16. The minimum Gasteiger partial charge on any atom is -0.376 e. The van der Waals surface area contributed by atoms with Crippen LogP contribution in [0.15, 0.2) is 48.0 Å². The van der Waals surface area contributed by atoms with Crippen molar-refractivity contribution in [2.75, 3.05) is 39.4 Å². The Bertz CT molecular complexity index is 1100. The molecule has 2 fully saturated rings. The zero-order valence-electron chi connectivity index (χ0n) is 16.3. The number of aromatic nitrogens is 1. The van der Waals surface area contributed by atoms with E-state index in [-0.39, 0.29) is 25.0 Å². The maximum Gasteiger partial charge on any atom is 0.259 e. The van der Waals surface area contributed by atoms with Gasteiger partial charge in [-0.1, -0.05) is 18.2 Å². The predicted octanol–water partition coefficient (Wildman–Crippen LogP) is 2.01. The van der Waals surface area contributed by atoms with Crippen molar-refractivity contribution >= 4 is 33.4 Å². The fourth-order valence-corrected chi connectivity index (χ4v) is 4.51. The van der Waals surface area contributed by atoms with Gasteiger partial charge in [0.05, 0.1) is 28.9 Å². The summed E-state index contributed by atoms with van der Waals surface area (Å²) < 4.78 is 6.11. The van der Waals surface area contributed by atoms with Gasteiger partial charge < -0.3 is 19.6 Å². The van der Waals surface area contributed by atoms with Gasteiger partial charge in [0.1, 0.15) is 0 Å². The van der Waals surface area contributed by atoms with Crippen molar-refractivity contribution in [3.63, 3.8) is 0 Å². The molecule has 0 aliphatic carbocycles. The molecule has 2 aliphatic rings. The van der Waals surface area contributed by atoms with Crippen LogP contribution in [0.25, 0.3) is 21.3 Å². The second-order valence-corrected chi connectivity index (χ2v) is 8.61. The number of ether oxygens (including phenoxy) is 1. The molecule has 30 heavy (non-hydrogen) atoms. The van der Waals surface area contributed by atoms with Crippen LogP contribution >= 0.6 is 11.3 Å². The zero-order valence-corrected chi connectivity index (χ0v) is 17.1. The van der Waals surface area contributed by atoms with E-state index in [1.165, 1.54) is 0 Å². The molecule has 0 saturated carbocycles. The molecule has 0 unspecified atom stereocenters. The number of aliphatic hydroxyl groups is 1. The Morgan fingerprint density at radius 3 is 2.30 bits per heavy atom. The molecule has 2 aromatic carbocycles. The molecular formula is C22H21N3O4S. The second-order valence-electron chi connectivity index (χ2n) is 7.72. The lowest BCUT2D eigenvalue weighted by Crippen LogP contribution is -2.64. The first-order valence-electron chi connectivity index (χ1n) is 9.86. The molecule has 8 heteroatoms. The van der Waals surface area contributed by atoms with E-state index in [2.05, 4.69) is 23.2 Å². The van der Waals surface area contributed by atoms with Gasteiger partial charge in [-0.05, 0) is 35.4 Å². The van der Waals surface area contributed by atoms with Crippen LogP contribution in [-0.2, 0) is 9.53 Å². The summed E-state index contributed by atoms with van der Waals surface area (Å²) in [5.41, 5.74) is 4.15. The maximum absolute atomic E-state index is 12.9. The van der Waals surface area contributed by atoms with Crippen LogP contribution in [0.5, 0.6) is 0 Å². The van der Waals surface area contributed by atoms with Gasteiger partial charge in [-0.3, -0.25) is 9.59 Å². The fourth-order valence-electron chi connectivity index (χ4n) is 3.85. The number of carbonyl (C=O) groups excluding carboxylic acids is 2. The third-order valence-corrected chi connectivity index (χ3v) is 6.54. The number of benzene rings is 2. The number of rotatable bonds is 3. The van der Waals surface area contributed by atoms with Crippen LogP contribution in [0.2, 0.25) is 0 Å². The van der Waals surface area contributed by atoms with E-state index in [0.29, 0.717) is 31.7 Å². The summed E-state index contributed by atoms with van der Waals surface area (Å²) in [6.45, 7) is 1.82. The first-order chi connectivity index (χ1) is 14.5. The van der Waals surface area contributed by atoms with Crippen LogP contribution in [0.3, 0.4) is 0 Å². The van der Waals surface area contributed by atoms with Gasteiger partial charge in [0, 0.05) is 31.7 Å². The van der Waals surface area contributed by atoms with Crippen LogP contribution < -0.4 is 0 Å². The lowest BCUT2D eigenvalue weighted by atomic mass is 10.00. The third-order valence-electron chi connectivity index (χ3n) is 5.73. The highest BCUT2D eigenvalue weighted by Gasteiger charge is 2.46. The van der Waals surface area contributed by atoms with Crippen LogP contribution in [-0.4, -0.2) is 76.7 Å². The number of nitrogens with zero attached hydrogens (tertiary/aromatic N) is 3. The van der Waals surface area contributed by atoms with Crippen LogP contribution in [0.1, 0.15) is 10.4 Å². The molecule has 7 nitrogen and oxygen atoms in total. The Kier molecular flexibility index (Phi) is 4.77. The van der Waals surface area contributed by atoms with Crippen LogP contribution in [0.4, 0.5) is 0 Å². The summed E-state index contributed by atoms with van der Waals surface area (Å²) in [4.78, 5) is 33.0. The monoisotopic (exact) mass is 423 g/mol. The number of fused-ring (bicyclic) bond motifs is 1. The van der Waals surface area contributed by atoms with Crippen molar-refractivity contribution in [3.8, 4) is 11.1 Å². The molecule has 2 amide bonds. The highest BCUT2D eigenvalue weighted by Crippen LogP contribution is 2.26. The summed E-state index contributed by atoms with van der Waals surface area (Å²) in [5.74, 6) is -0.350. The van der Waals surface area contributed by atoms with Crippen molar-refractivity contribution < 1.29 is 19.4 Å². The molecule has 0 atom stereocenters. The average molecular weight is 423 g/mol. The van der Waals surface area contributed by atoms with Gasteiger partial charge in [-0.2, -0.15) is 0 Å². The first-order valence-corrected chi connectivity index (χ1v) is 10.7. The molecule has 3 aromatic rings. The summed E-state index contributed by atoms with van der Waals surface area (Å²) >= 11 is 1.62. The highest BCUT2D eigenvalue weighted by atomic mass is 32.1. The molecule has 0 spiro atoms. The summed E-state index contributed by atoms with van der Waals surface area (Å²) in [6.07, 6.45) is 0. The normalized spacial score (nSPS) is 18.3. The number of carbonyl (C=O) groups is 2. The van der Waals surface area contributed by atoms with E-state index >= 15 is 0 Å². The maximum atomic E-state index is 12.9. The van der Waals surface area contributed by atoms with E-state index in [1.54, 1.807) is 21.1 Å². The number of piperazine rings is 1. The summed E-state index contributed by atoms with van der Waals surface area (Å²) in [5, 5.41) is 10.1. The van der Waals surface area contributed by atoms with Gasteiger partial charge in [0.2, 0.25) is 0 Å². The number of amides is 2. The molecule has 2 aliphatic heterocycles. The Balaban J connectivity index is 1.24. The number of hydrogen-bond donors (Lipinski definition) is 1. The molecule has 0 bridgehead atoms. The Morgan fingerprint density at radius 2 is 1.63 bits per heavy atom. The first kappa shape index (κ1) is 19.2. The van der Waals surface area contributed by atoms with E-state index in [0.717, 1.165) is 21.3 Å². The Labute approximate surface area is 177 Å². The van der Waals surface area contributed by atoms with Crippen molar-refractivity contribution in [3.05, 3.63) is 53.5 Å². The quantitative estimate of drug-likeness (QED) is 0.697. The van der Waals surface area contributed by atoms with Crippen molar-refractivity contribution in [2.45, 2.75) is 5.60 Å². The molecule has 154 valence electrons. The summed E-state index contributed by atoms with van der Waals surface area (Å²) in [7, 11) is 0. The lowest BCUT2D eigenvalue weighted by molar-refractivity contribution is -0.201. The van der Waals surface area contributed by atoms with Gasteiger partial charge in [0.25, 0.3) is 11.8 Å². The molecule has 5 rings (SSSR count). The molecule has 2 saturated heterocycles. The third kappa shape index (κ3) is 3.36. The van der Waals surface area contributed by atoms with E-state index < -0.39 is 5.60 Å². The smallest absolute Gasteiger partial charge is 0.259 e. The van der Waals surface area contributed by atoms with Gasteiger partial charge in [-0.15, -0.1) is 11.3 Å². The molecule has 1 aromatic heterocycles. The number of thiazole rings is 1. The Hall–Kier alpha value is -2.81. The predicted molar refractivity (Wildman–Crippen MR) is 113 cm³/mol. The molecule has 1 N–H and O–H groups in total. The zero-order chi connectivity index (χ0) is 20.7. The molecule has 0 radical (unpaired) electrons. The van der Waals surface area contributed by atoms with E-state index in [9.17, 15) is 14.7 Å². The van der Waals surface area contributed by atoms with Gasteiger partial charge in [0.15, 0.2) is 5.60 Å². The van der Waals surface area contributed by atoms with Gasteiger partial charge in [-0.25, -0.2) is 4.98 Å². The van der Waals surface area contributed by atoms with Crippen LogP contribution in [0, 0.1) is 0 Å². The largest absolute Gasteiger partial charge is 0.376 e. The van der Waals surface area contributed by atoms with E-state index in [4.69, 9.17) is 4.74 Å². The minimum atomic E-state index is -1.39. The second kappa shape index (κ2) is 7.46. The topological polar surface area (TPSA) is 83.0 Å². The average Bonchev–Trinajstić information content (AvgIpc) is 3.24. The van der Waals surface area contributed by atoms with Gasteiger partial charge >= 0.3 is 0 Å². The molecular weight excluding hydrogens is 402 g/mol. The SMILES string of the molecule is O=C(c1ccc(-c2ccc3scnc3c2)cc1)N1CCN(C(=O)C2(O)COC2)CC1. The van der Waals surface area contributed by atoms with Crippen molar-refractivity contribution in [2.24, 2.45) is 0 Å². The van der Waals surface area contributed by atoms with Crippen molar-refractivity contribution in [1.82, 2.24) is 14.8 Å². The Morgan fingerprint density at radius 1 is 0.967 bits per heavy atom. The minimum absolute atomic E-state index is 0.0470. The fraction of sp³-hybridized carbons (Fsp3) is 0.318. The standard InChI is InChI=1S/C22H21N3O4S/c26-20(24-7-9-25(10-8-24)21(27)22(28)12-29-13-22)16-3-1-15(2-4-16)17-5-6-19-18(11-17)23-14-30-19/h1-6,11,14,28H,7-10,12-13H2.